The van der Waals surface area contributed by atoms with Gasteiger partial charge in [0.2, 0.25) is 0 Å². The highest BCUT2D eigenvalue weighted by Crippen LogP contribution is 2.26. The van der Waals surface area contributed by atoms with Gasteiger partial charge in [-0.3, -0.25) is 4.79 Å². The Bertz CT molecular complexity index is 611. The lowest BCUT2D eigenvalue weighted by atomic mass is 10.1. The van der Waals surface area contributed by atoms with E-state index in [0.717, 1.165) is 11.1 Å². The molecule has 0 spiro atoms. The summed E-state index contributed by atoms with van der Waals surface area (Å²) in [7, 11) is 3.49. The first-order chi connectivity index (χ1) is 10.2. The number of likely N-dealkylation sites (N-methyl/N-ethyl adjacent to an activating group) is 1. The Morgan fingerprint density at radius 3 is 2.52 bits per heavy atom. The molecule has 0 aromatic heterocycles. The van der Waals surface area contributed by atoms with Crippen molar-refractivity contribution >= 4 is 11.6 Å². The van der Waals surface area contributed by atoms with E-state index in [1.807, 2.05) is 67.8 Å². The van der Waals surface area contributed by atoms with Crippen molar-refractivity contribution in [2.45, 2.75) is 13.0 Å². The fourth-order valence-electron chi connectivity index (χ4n) is 2.29. The van der Waals surface area contributed by atoms with Crippen LogP contribution in [0.5, 0.6) is 5.75 Å². The predicted molar refractivity (Wildman–Crippen MR) is 83.4 cm³/mol. The summed E-state index contributed by atoms with van der Waals surface area (Å²) in [6.07, 6.45) is 0. The highest BCUT2D eigenvalue weighted by atomic mass is 16.5. The third-order valence-electron chi connectivity index (χ3n) is 3.39. The van der Waals surface area contributed by atoms with Crippen LogP contribution in [0.25, 0.3) is 0 Å². The van der Waals surface area contributed by atoms with Crippen molar-refractivity contribution in [1.29, 1.82) is 0 Å². The first-order valence-electron chi connectivity index (χ1n) is 6.95. The second-order valence-corrected chi connectivity index (χ2v) is 4.91. The van der Waals surface area contributed by atoms with Gasteiger partial charge in [0.05, 0.1) is 19.8 Å². The van der Waals surface area contributed by atoms with Crippen LogP contribution in [0, 0.1) is 6.92 Å². The first kappa shape index (κ1) is 15.1. The standard InChI is InChI=1S/C17H20N2O2/c1-12-9-10-15(21-3)14(11-12)19-17(20)16(18-2)13-7-5-4-6-8-13/h4-11,16,18H,1-3H3,(H,19,20)/p+1/t16-/m1/s1. The largest absolute Gasteiger partial charge is 0.495 e. The summed E-state index contributed by atoms with van der Waals surface area (Å²) in [6, 6.07) is 15.2. The Balaban J connectivity index is 2.22. The van der Waals surface area contributed by atoms with Gasteiger partial charge in [-0.15, -0.1) is 0 Å². The number of nitrogens with two attached hydrogens (primary N) is 1. The molecule has 0 saturated heterocycles. The lowest BCUT2D eigenvalue weighted by Crippen LogP contribution is -2.83. The Labute approximate surface area is 125 Å². The fourth-order valence-corrected chi connectivity index (χ4v) is 2.29. The monoisotopic (exact) mass is 285 g/mol. The second-order valence-electron chi connectivity index (χ2n) is 4.91. The zero-order valence-electron chi connectivity index (χ0n) is 12.6. The molecular formula is C17H21N2O2+. The summed E-state index contributed by atoms with van der Waals surface area (Å²) >= 11 is 0. The molecule has 0 fully saturated rings. The van der Waals surface area contributed by atoms with E-state index in [9.17, 15) is 4.79 Å². The van der Waals surface area contributed by atoms with Gasteiger partial charge in [0.15, 0.2) is 6.04 Å². The summed E-state index contributed by atoms with van der Waals surface area (Å²) in [5, 5.41) is 4.85. The molecule has 21 heavy (non-hydrogen) atoms. The minimum absolute atomic E-state index is 0.0624. The van der Waals surface area contributed by atoms with Crippen LogP contribution in [-0.4, -0.2) is 20.1 Å². The molecule has 0 aliphatic rings. The van der Waals surface area contributed by atoms with Crippen molar-refractivity contribution in [1.82, 2.24) is 0 Å². The molecule has 0 aliphatic heterocycles. The lowest BCUT2D eigenvalue weighted by Gasteiger charge is -2.15. The maximum absolute atomic E-state index is 12.5. The second kappa shape index (κ2) is 6.90. The number of quaternary nitrogens is 1. The van der Waals surface area contributed by atoms with E-state index < -0.39 is 0 Å². The Morgan fingerprint density at radius 2 is 1.90 bits per heavy atom. The number of benzene rings is 2. The normalized spacial score (nSPS) is 11.8. The van der Waals surface area contributed by atoms with Gasteiger partial charge in [-0.1, -0.05) is 36.4 Å². The zero-order chi connectivity index (χ0) is 15.2. The van der Waals surface area contributed by atoms with Gasteiger partial charge >= 0.3 is 0 Å². The predicted octanol–water partition coefficient (Wildman–Crippen LogP) is 1.88. The van der Waals surface area contributed by atoms with Crippen molar-refractivity contribution in [3.05, 3.63) is 59.7 Å². The Kier molecular flexibility index (Phi) is 4.95. The maximum atomic E-state index is 12.5. The molecule has 0 aliphatic carbocycles. The molecule has 4 nitrogen and oxygen atoms in total. The molecule has 110 valence electrons. The molecule has 0 unspecified atom stereocenters. The van der Waals surface area contributed by atoms with Gasteiger partial charge in [0, 0.05) is 5.56 Å². The van der Waals surface area contributed by atoms with Crippen molar-refractivity contribution < 1.29 is 14.8 Å². The number of ether oxygens (including phenoxy) is 1. The first-order valence-corrected chi connectivity index (χ1v) is 6.95. The highest BCUT2D eigenvalue weighted by molar-refractivity contribution is 5.95. The van der Waals surface area contributed by atoms with Crippen LogP contribution >= 0.6 is 0 Å². The molecule has 0 bridgehead atoms. The van der Waals surface area contributed by atoms with Gasteiger partial charge in [-0.05, 0) is 24.6 Å². The quantitative estimate of drug-likeness (QED) is 0.881. The molecule has 2 aromatic rings. The summed E-state index contributed by atoms with van der Waals surface area (Å²) in [4.78, 5) is 12.5. The summed E-state index contributed by atoms with van der Waals surface area (Å²) in [5.74, 6) is 0.601. The SMILES string of the molecule is C[NH2+][C@@H](C(=O)Nc1cc(C)ccc1OC)c1ccccc1. The van der Waals surface area contributed by atoms with Crippen LogP contribution in [0.15, 0.2) is 48.5 Å². The molecule has 2 rings (SSSR count). The third-order valence-corrected chi connectivity index (χ3v) is 3.39. The van der Waals surface area contributed by atoms with Crippen molar-refractivity contribution in [2.24, 2.45) is 0 Å². The summed E-state index contributed by atoms with van der Waals surface area (Å²) < 4.78 is 5.30. The Hall–Kier alpha value is -2.33. The van der Waals surface area contributed by atoms with E-state index in [-0.39, 0.29) is 11.9 Å². The fraction of sp³-hybridized carbons (Fsp3) is 0.235. The van der Waals surface area contributed by atoms with Gasteiger partial charge in [-0.25, -0.2) is 0 Å². The van der Waals surface area contributed by atoms with Crippen molar-refractivity contribution in [3.8, 4) is 5.75 Å². The third kappa shape index (κ3) is 3.61. The minimum atomic E-state index is -0.281. The van der Waals surface area contributed by atoms with Crippen LogP contribution in [0.3, 0.4) is 0 Å². The van der Waals surface area contributed by atoms with Crippen LogP contribution in [0.1, 0.15) is 17.2 Å². The number of anilines is 1. The number of rotatable bonds is 5. The zero-order valence-corrected chi connectivity index (χ0v) is 12.6. The Morgan fingerprint density at radius 1 is 1.19 bits per heavy atom. The molecule has 0 radical (unpaired) electrons. The van der Waals surface area contributed by atoms with Gasteiger partial charge in [0.25, 0.3) is 5.91 Å². The molecular weight excluding hydrogens is 264 g/mol. The van der Waals surface area contributed by atoms with Crippen molar-refractivity contribution in [3.63, 3.8) is 0 Å². The summed E-state index contributed by atoms with van der Waals surface area (Å²) in [5.41, 5.74) is 2.75. The van der Waals surface area contributed by atoms with E-state index in [1.54, 1.807) is 7.11 Å². The minimum Gasteiger partial charge on any atom is -0.495 e. The van der Waals surface area contributed by atoms with E-state index >= 15 is 0 Å². The van der Waals surface area contributed by atoms with Crippen LogP contribution in [0.2, 0.25) is 0 Å². The molecule has 0 saturated carbocycles. The van der Waals surface area contributed by atoms with Crippen LogP contribution in [-0.2, 0) is 4.79 Å². The maximum Gasteiger partial charge on any atom is 0.287 e. The highest BCUT2D eigenvalue weighted by Gasteiger charge is 2.23. The van der Waals surface area contributed by atoms with E-state index in [4.69, 9.17) is 4.74 Å². The van der Waals surface area contributed by atoms with Gasteiger partial charge in [-0.2, -0.15) is 0 Å². The number of hydrogen-bond acceptors (Lipinski definition) is 2. The van der Waals surface area contributed by atoms with E-state index in [2.05, 4.69) is 5.32 Å². The molecule has 3 N–H and O–H groups in total. The number of carbonyl (C=O) groups excluding carboxylic acids is 1. The number of amides is 1. The van der Waals surface area contributed by atoms with Gasteiger partial charge in [0.1, 0.15) is 5.75 Å². The molecule has 4 heteroatoms. The average Bonchev–Trinajstić information content (AvgIpc) is 2.49. The topological polar surface area (TPSA) is 54.9 Å². The van der Waals surface area contributed by atoms with E-state index in [0.29, 0.717) is 11.4 Å². The number of methoxy groups -OCH3 is 1. The van der Waals surface area contributed by atoms with Crippen LogP contribution in [0.4, 0.5) is 5.69 Å². The summed E-state index contributed by atoms with van der Waals surface area (Å²) in [6.45, 7) is 1.98. The number of hydrogen-bond donors (Lipinski definition) is 2. The van der Waals surface area contributed by atoms with Gasteiger partial charge < -0.3 is 15.4 Å². The van der Waals surface area contributed by atoms with E-state index in [1.165, 1.54) is 0 Å². The molecule has 2 aromatic carbocycles. The number of carbonyl (C=O) groups is 1. The lowest BCUT2D eigenvalue weighted by molar-refractivity contribution is -0.656. The molecule has 1 amide bonds. The smallest absolute Gasteiger partial charge is 0.287 e. The molecule has 1 atom stereocenters. The number of aryl methyl sites for hydroxylation is 1. The number of nitrogens with one attached hydrogen (secondary N) is 1. The molecule has 0 heterocycles. The van der Waals surface area contributed by atoms with Crippen LogP contribution < -0.4 is 15.4 Å². The average molecular weight is 285 g/mol. The van der Waals surface area contributed by atoms with Crippen molar-refractivity contribution in [2.75, 3.05) is 19.5 Å².